The molecule has 0 aromatic carbocycles. The molecule has 2 fully saturated rings. The molecule has 6 heteroatoms. The van der Waals surface area contributed by atoms with Gasteiger partial charge in [0.25, 0.3) is 0 Å². The van der Waals surface area contributed by atoms with Crippen molar-refractivity contribution in [1.82, 2.24) is 0 Å². The van der Waals surface area contributed by atoms with Crippen molar-refractivity contribution < 1.29 is 14.3 Å². The van der Waals surface area contributed by atoms with Crippen LogP contribution < -0.4 is 0 Å². The molecule has 4 atom stereocenters. The van der Waals surface area contributed by atoms with E-state index < -0.39 is 17.9 Å². The number of nitrogens with zero attached hydrogens (tertiary/aromatic N) is 1. The Kier molecular flexibility index (Phi) is 2.07. The maximum atomic E-state index is 11.3. The summed E-state index contributed by atoms with van der Waals surface area (Å²) in [6.45, 7) is 0. The van der Waals surface area contributed by atoms with Gasteiger partial charge in [-0.25, -0.2) is 4.79 Å². The second kappa shape index (κ2) is 3.22. The Bertz CT molecular complexity index is 384. The van der Waals surface area contributed by atoms with E-state index in [1.165, 1.54) is 0 Å². The van der Waals surface area contributed by atoms with Crippen LogP contribution in [0.4, 0.5) is 0 Å². The number of ether oxygens (including phenoxy) is 1. The Morgan fingerprint density at radius 1 is 1.47 bits per heavy atom. The van der Waals surface area contributed by atoms with Crippen molar-refractivity contribution in [2.75, 3.05) is 5.75 Å². The van der Waals surface area contributed by atoms with E-state index in [9.17, 15) is 9.59 Å². The first kappa shape index (κ1) is 9.66. The van der Waals surface area contributed by atoms with E-state index in [0.717, 1.165) is 5.75 Å². The lowest BCUT2D eigenvalue weighted by molar-refractivity contribution is -0.152. The minimum absolute atomic E-state index is 0.0265. The Morgan fingerprint density at radius 2 is 2.27 bits per heavy atom. The third-order valence-corrected chi connectivity index (χ3v) is 5.04. The number of hydrogen-bond acceptors (Lipinski definition) is 5. The van der Waals surface area contributed by atoms with Crippen molar-refractivity contribution in [2.45, 2.75) is 23.1 Å². The number of alkyl halides is 1. The summed E-state index contributed by atoms with van der Waals surface area (Å²) < 4.78 is 4.55. The van der Waals surface area contributed by atoms with E-state index in [1.54, 1.807) is 11.8 Å². The predicted octanol–water partition coefficient (Wildman–Crippen LogP) is 0.622. The Morgan fingerprint density at radius 3 is 3.07 bits per heavy atom. The van der Waals surface area contributed by atoms with Crippen LogP contribution in [-0.2, 0) is 14.3 Å². The van der Waals surface area contributed by atoms with Crippen LogP contribution in [0.5, 0.6) is 0 Å². The molecule has 3 aliphatic rings. The van der Waals surface area contributed by atoms with Gasteiger partial charge in [0.2, 0.25) is 0 Å². The average Bonchev–Trinajstić information content (AvgIpc) is 2.70. The number of rotatable bonds is 0. The minimum Gasteiger partial charge on any atom is -0.388 e. The molecular formula is C9H8ClNO3S. The fourth-order valence-electron chi connectivity index (χ4n) is 2.23. The first-order valence-electron chi connectivity index (χ1n) is 4.76. The molecular weight excluding hydrogens is 238 g/mol. The van der Waals surface area contributed by atoms with Crippen molar-refractivity contribution in [3.63, 3.8) is 0 Å². The monoisotopic (exact) mass is 245 g/mol. The number of halogens is 1. The summed E-state index contributed by atoms with van der Waals surface area (Å²) in [4.78, 5) is 26.9. The van der Waals surface area contributed by atoms with E-state index in [0.29, 0.717) is 6.42 Å². The van der Waals surface area contributed by atoms with Gasteiger partial charge in [-0.3, -0.25) is 9.79 Å². The number of carbonyl (C=O) groups excluding carboxylic acids is 2. The lowest BCUT2D eigenvalue weighted by Crippen LogP contribution is -2.36. The Labute approximate surface area is 95.4 Å². The smallest absolute Gasteiger partial charge is 0.360 e. The normalized spacial score (nSPS) is 43.4. The summed E-state index contributed by atoms with van der Waals surface area (Å²) in [6, 6.07) is -0.0265. The zero-order valence-corrected chi connectivity index (χ0v) is 9.25. The van der Waals surface area contributed by atoms with Gasteiger partial charge in [-0.05, 0) is 6.42 Å². The predicted molar refractivity (Wildman–Crippen MR) is 56.3 cm³/mol. The van der Waals surface area contributed by atoms with E-state index in [-0.39, 0.29) is 22.4 Å². The number of hydrogen-bond donors (Lipinski definition) is 0. The van der Waals surface area contributed by atoms with E-state index in [1.807, 2.05) is 0 Å². The Hall–Kier alpha value is -0.550. The maximum Gasteiger partial charge on any atom is 0.360 e. The first-order chi connectivity index (χ1) is 7.16. The van der Waals surface area contributed by atoms with Crippen LogP contribution in [0.25, 0.3) is 0 Å². The van der Waals surface area contributed by atoms with Crippen molar-refractivity contribution in [2.24, 2.45) is 10.9 Å². The number of aliphatic imine (C=N–C) groups is 1. The second-order valence-corrected chi connectivity index (χ2v) is 5.72. The second-order valence-electron chi connectivity index (χ2n) is 3.89. The summed E-state index contributed by atoms with van der Waals surface area (Å²) >= 11 is 7.82. The molecule has 80 valence electrons. The fraction of sp³-hybridized carbons (Fsp3) is 0.667. The minimum atomic E-state index is -0.579. The molecule has 15 heavy (non-hydrogen) atoms. The molecule has 0 saturated carbocycles. The molecule has 2 saturated heterocycles. The van der Waals surface area contributed by atoms with Crippen molar-refractivity contribution in [3.05, 3.63) is 0 Å². The van der Waals surface area contributed by atoms with Crippen molar-refractivity contribution in [3.8, 4) is 0 Å². The number of esters is 2. The zero-order valence-electron chi connectivity index (χ0n) is 7.68. The summed E-state index contributed by atoms with van der Waals surface area (Å²) in [7, 11) is 0. The van der Waals surface area contributed by atoms with Gasteiger partial charge < -0.3 is 4.74 Å². The van der Waals surface area contributed by atoms with Gasteiger partial charge in [0.1, 0.15) is 11.6 Å². The first-order valence-corrected chi connectivity index (χ1v) is 6.24. The van der Waals surface area contributed by atoms with Crippen molar-refractivity contribution >= 4 is 41.0 Å². The highest BCUT2D eigenvalue weighted by molar-refractivity contribution is 8.00. The summed E-state index contributed by atoms with van der Waals surface area (Å²) in [6.07, 6.45) is 0.641. The molecule has 0 spiro atoms. The largest absolute Gasteiger partial charge is 0.388 e. The van der Waals surface area contributed by atoms with Gasteiger partial charge in [0.05, 0.1) is 11.4 Å². The summed E-state index contributed by atoms with van der Waals surface area (Å²) in [5.41, 5.74) is 0.286. The SMILES string of the molecule is O=C1OC(=O)C2CC3SCC(Cl)C3N=C12. The molecule has 0 aromatic rings. The summed E-state index contributed by atoms with van der Waals surface area (Å²) in [5.74, 6) is -0.628. The number of cyclic esters (lactones) is 2. The molecule has 3 heterocycles. The number of carbonyl (C=O) groups is 2. The van der Waals surface area contributed by atoms with E-state index in [2.05, 4.69) is 9.73 Å². The van der Waals surface area contributed by atoms with Gasteiger partial charge in [-0.1, -0.05) is 0 Å². The van der Waals surface area contributed by atoms with Crippen LogP contribution in [0.1, 0.15) is 6.42 Å². The van der Waals surface area contributed by atoms with Crippen LogP contribution in [0.2, 0.25) is 0 Å². The zero-order chi connectivity index (χ0) is 10.6. The van der Waals surface area contributed by atoms with Crippen LogP contribution in [0.3, 0.4) is 0 Å². The highest BCUT2D eigenvalue weighted by atomic mass is 35.5. The highest BCUT2D eigenvalue weighted by Gasteiger charge is 2.50. The van der Waals surface area contributed by atoms with Crippen LogP contribution in [-0.4, -0.2) is 40.1 Å². The maximum absolute atomic E-state index is 11.3. The molecule has 0 amide bonds. The fourth-order valence-corrected chi connectivity index (χ4v) is 4.17. The lowest BCUT2D eigenvalue weighted by Gasteiger charge is -2.23. The molecule has 4 nitrogen and oxygen atoms in total. The molecule has 0 N–H and O–H groups in total. The quantitative estimate of drug-likeness (QED) is 0.357. The number of fused-ring (bicyclic) bond motifs is 2. The highest BCUT2D eigenvalue weighted by Crippen LogP contribution is 2.41. The van der Waals surface area contributed by atoms with E-state index >= 15 is 0 Å². The molecule has 0 radical (unpaired) electrons. The molecule has 3 rings (SSSR count). The average molecular weight is 246 g/mol. The molecule has 4 unspecified atom stereocenters. The Balaban J connectivity index is 1.99. The molecule has 0 bridgehead atoms. The lowest BCUT2D eigenvalue weighted by atomic mass is 9.92. The van der Waals surface area contributed by atoms with Gasteiger partial charge in [-0.15, -0.1) is 11.6 Å². The van der Waals surface area contributed by atoms with Gasteiger partial charge >= 0.3 is 11.9 Å². The number of thioether (sulfide) groups is 1. The standard InChI is InChI=1S/C9H8ClNO3S/c10-4-2-15-5-1-3-6(11-7(4)5)9(13)14-8(3)12/h3-5,7H,1-2H2. The van der Waals surface area contributed by atoms with Gasteiger partial charge in [-0.2, -0.15) is 11.8 Å². The third-order valence-electron chi connectivity index (χ3n) is 2.99. The topological polar surface area (TPSA) is 55.7 Å². The van der Waals surface area contributed by atoms with Gasteiger partial charge in [0, 0.05) is 11.0 Å². The van der Waals surface area contributed by atoms with Crippen LogP contribution in [0.15, 0.2) is 4.99 Å². The molecule has 0 aliphatic carbocycles. The summed E-state index contributed by atoms with van der Waals surface area (Å²) in [5, 5.41) is 0.233. The molecule has 3 aliphatic heterocycles. The van der Waals surface area contributed by atoms with Crippen molar-refractivity contribution in [1.29, 1.82) is 0 Å². The third kappa shape index (κ3) is 1.33. The van der Waals surface area contributed by atoms with Crippen LogP contribution in [0, 0.1) is 5.92 Å². The van der Waals surface area contributed by atoms with E-state index in [4.69, 9.17) is 11.6 Å². The molecule has 0 aromatic heterocycles. The van der Waals surface area contributed by atoms with Gasteiger partial charge in [0.15, 0.2) is 0 Å². The van der Waals surface area contributed by atoms with Crippen LogP contribution >= 0.6 is 23.4 Å².